The Labute approximate surface area is 29.8 Å². The highest BCUT2D eigenvalue weighted by Gasteiger charge is 1.76. The summed E-state index contributed by atoms with van der Waals surface area (Å²) in [7, 11) is 0. The molecule has 0 unspecified atom stereocenters. The molecule has 0 aromatic rings. The first-order valence-electron chi connectivity index (χ1n) is 1.23. The number of hydrogen-bond acceptors (Lipinski definition) is 2. The molecule has 0 fully saturated rings. The molecule has 0 atom stereocenters. The van der Waals surface area contributed by atoms with E-state index in [1.165, 1.54) is 6.92 Å². The van der Waals surface area contributed by atoms with Crippen molar-refractivity contribution in [2.24, 2.45) is 0 Å². The molecule has 0 saturated heterocycles. The molecule has 0 aromatic heterocycles. The molecule has 0 rings (SSSR count). The minimum atomic E-state index is -0.426. The highest BCUT2D eigenvalue weighted by atomic mass is 16.2. The Hall–Kier alpha value is -0.660. The summed E-state index contributed by atoms with van der Waals surface area (Å²) in [5, 5.41) is 0. The van der Waals surface area contributed by atoms with Crippen LogP contribution in [-0.2, 0) is 9.59 Å². The van der Waals surface area contributed by atoms with E-state index >= 15 is 0 Å². The van der Waals surface area contributed by atoms with Gasteiger partial charge in [0, 0.05) is 6.92 Å². The largest absolute Gasteiger partial charge is 0.295 e. The van der Waals surface area contributed by atoms with E-state index in [9.17, 15) is 4.79 Å². The van der Waals surface area contributed by atoms with Gasteiger partial charge in [0.2, 0.25) is 0 Å². The third-order valence-electron chi connectivity index (χ3n) is 0.166. The second-order valence-electron chi connectivity index (χ2n) is 0.729. The average Bonchev–Trinajstić information content (AvgIpc) is 1.38. The number of hydrogen-bond donors (Lipinski definition) is 0. The number of rotatable bonds is 1. The van der Waals surface area contributed by atoms with E-state index in [4.69, 9.17) is 4.79 Å². The number of aldehydes is 1. The van der Waals surface area contributed by atoms with Gasteiger partial charge in [-0.15, -0.1) is 0 Å². The molecular formula is C3H4O2. The van der Waals surface area contributed by atoms with Crippen molar-refractivity contribution in [3.63, 3.8) is 0 Å². The van der Waals surface area contributed by atoms with Crippen LogP contribution in [-0.4, -0.2) is 12.1 Å². The predicted molar refractivity (Wildman–Crippen MR) is 16.7 cm³/mol. The molecule has 0 aliphatic heterocycles. The average molecular weight is 73.1 g/mol. The molecule has 0 aliphatic rings. The fraction of sp³-hybridized carbons (Fsp3) is 0.333. The zero-order valence-electron chi connectivity index (χ0n) is 2.89. The quantitative estimate of drug-likeness (QED) is 0.244. The maximum atomic E-state index is 9.44. The standard InChI is InChI=1S/C3H4O2/c1-3(5)2-4/h2H,1H3/i2+1. The molecule has 0 bridgehead atoms. The van der Waals surface area contributed by atoms with Gasteiger partial charge in [0.15, 0.2) is 12.1 Å². The molecule has 0 amide bonds. The Morgan fingerprint density at radius 2 is 2.00 bits per heavy atom. The van der Waals surface area contributed by atoms with Gasteiger partial charge in [-0.1, -0.05) is 0 Å². The molecule has 0 N–H and O–H groups in total. The van der Waals surface area contributed by atoms with Crippen LogP contribution in [0.2, 0.25) is 0 Å². The Kier molecular flexibility index (Phi) is 1.42. The van der Waals surface area contributed by atoms with Crippen molar-refractivity contribution in [3.05, 3.63) is 0 Å². The molecular weight excluding hydrogens is 69.0 g/mol. The van der Waals surface area contributed by atoms with Gasteiger partial charge < -0.3 is 0 Å². The fourth-order valence-electron chi connectivity index (χ4n) is 0. The molecule has 2 heteroatoms. The fourth-order valence-corrected chi connectivity index (χ4v) is 0. The smallest absolute Gasteiger partial charge is 0.192 e. The molecule has 28 valence electrons. The lowest BCUT2D eigenvalue weighted by Crippen LogP contribution is -1.85. The minimum Gasteiger partial charge on any atom is -0.295 e. The maximum Gasteiger partial charge on any atom is 0.192 e. The van der Waals surface area contributed by atoms with Gasteiger partial charge in [0.25, 0.3) is 0 Å². The molecule has 0 aliphatic carbocycles. The zero-order valence-corrected chi connectivity index (χ0v) is 2.89. The highest BCUT2D eigenvalue weighted by molar-refractivity contribution is 6.23. The van der Waals surface area contributed by atoms with Gasteiger partial charge >= 0.3 is 0 Å². The number of carbonyl (C=O) groups excluding carboxylic acids is 2. The molecule has 0 aromatic carbocycles. The number of ketones is 1. The molecule has 0 spiro atoms. The summed E-state index contributed by atoms with van der Waals surface area (Å²) in [4.78, 5) is 18.6. The van der Waals surface area contributed by atoms with Gasteiger partial charge in [-0.05, 0) is 0 Å². The van der Waals surface area contributed by atoms with Crippen molar-refractivity contribution in [1.82, 2.24) is 0 Å². The Morgan fingerprint density at radius 3 is 2.00 bits per heavy atom. The van der Waals surface area contributed by atoms with Crippen molar-refractivity contribution in [2.75, 3.05) is 0 Å². The Morgan fingerprint density at radius 1 is 1.80 bits per heavy atom. The molecule has 2 nitrogen and oxygen atoms in total. The van der Waals surface area contributed by atoms with Crippen LogP contribution in [0.4, 0.5) is 0 Å². The summed E-state index contributed by atoms with van der Waals surface area (Å²) in [6.07, 6.45) is 0.278. The second-order valence-corrected chi connectivity index (χ2v) is 0.729. The zero-order chi connectivity index (χ0) is 4.28. The molecule has 0 radical (unpaired) electrons. The van der Waals surface area contributed by atoms with Crippen molar-refractivity contribution in [2.45, 2.75) is 6.92 Å². The van der Waals surface area contributed by atoms with Crippen molar-refractivity contribution >= 4 is 12.1 Å². The third-order valence-corrected chi connectivity index (χ3v) is 0.166. The van der Waals surface area contributed by atoms with E-state index in [2.05, 4.69) is 0 Å². The van der Waals surface area contributed by atoms with Crippen LogP contribution in [0.15, 0.2) is 0 Å². The SMILES string of the molecule is CC(=O)[13CH]=O. The van der Waals surface area contributed by atoms with Crippen LogP contribution >= 0.6 is 0 Å². The second kappa shape index (κ2) is 1.64. The first kappa shape index (κ1) is 4.34. The summed E-state index contributed by atoms with van der Waals surface area (Å²) < 4.78 is 0. The Balaban J connectivity index is 3.20. The maximum absolute atomic E-state index is 9.44. The van der Waals surface area contributed by atoms with Gasteiger partial charge in [-0.2, -0.15) is 0 Å². The van der Waals surface area contributed by atoms with Crippen LogP contribution in [0.3, 0.4) is 0 Å². The number of Topliss-reactive ketones (excluding diaryl/α,β-unsaturated/α-hetero) is 1. The van der Waals surface area contributed by atoms with Crippen LogP contribution in [0.5, 0.6) is 0 Å². The van der Waals surface area contributed by atoms with Crippen molar-refractivity contribution in [3.8, 4) is 0 Å². The van der Waals surface area contributed by atoms with Gasteiger partial charge in [-0.3, -0.25) is 9.59 Å². The monoisotopic (exact) mass is 73.0 g/mol. The first-order chi connectivity index (χ1) is 2.27. The molecule has 5 heavy (non-hydrogen) atoms. The summed E-state index contributed by atoms with van der Waals surface area (Å²) >= 11 is 0. The predicted octanol–water partition coefficient (Wildman–Crippen LogP) is -0.226. The summed E-state index contributed by atoms with van der Waals surface area (Å²) in [6.45, 7) is 1.22. The van der Waals surface area contributed by atoms with Gasteiger partial charge in [-0.25, -0.2) is 0 Å². The van der Waals surface area contributed by atoms with Crippen LogP contribution in [0, 0.1) is 0 Å². The van der Waals surface area contributed by atoms with Gasteiger partial charge in [0.1, 0.15) is 0 Å². The lowest BCUT2D eigenvalue weighted by molar-refractivity contribution is -0.128. The summed E-state index contributed by atoms with van der Waals surface area (Å²) in [6, 6.07) is 0. The molecule has 0 saturated carbocycles. The lowest BCUT2D eigenvalue weighted by atomic mass is 10.7. The highest BCUT2D eigenvalue weighted by Crippen LogP contribution is 1.48. The van der Waals surface area contributed by atoms with E-state index in [0.29, 0.717) is 0 Å². The van der Waals surface area contributed by atoms with Crippen molar-refractivity contribution in [1.29, 1.82) is 0 Å². The topological polar surface area (TPSA) is 34.1 Å². The number of carbonyl (C=O) groups is 2. The van der Waals surface area contributed by atoms with Crippen LogP contribution in [0.25, 0.3) is 0 Å². The lowest BCUT2D eigenvalue weighted by Gasteiger charge is -1.57. The Bertz CT molecular complexity index is 55.9. The van der Waals surface area contributed by atoms with E-state index in [0.717, 1.165) is 0 Å². The minimum absolute atomic E-state index is 0.278. The van der Waals surface area contributed by atoms with E-state index in [1.807, 2.05) is 0 Å². The summed E-state index contributed by atoms with van der Waals surface area (Å²) in [5.41, 5.74) is 0. The first-order valence-corrected chi connectivity index (χ1v) is 1.23. The van der Waals surface area contributed by atoms with E-state index in [1.54, 1.807) is 0 Å². The van der Waals surface area contributed by atoms with E-state index < -0.39 is 5.78 Å². The molecule has 0 heterocycles. The van der Waals surface area contributed by atoms with Gasteiger partial charge in [0.05, 0.1) is 0 Å². The third kappa shape index (κ3) is 3.34. The van der Waals surface area contributed by atoms with Crippen LogP contribution in [0.1, 0.15) is 6.92 Å². The van der Waals surface area contributed by atoms with Crippen LogP contribution < -0.4 is 0 Å². The summed E-state index contributed by atoms with van der Waals surface area (Å²) in [5.74, 6) is -0.426. The normalized spacial score (nSPS) is 6.60. The van der Waals surface area contributed by atoms with Crippen molar-refractivity contribution < 1.29 is 9.59 Å². The van der Waals surface area contributed by atoms with E-state index in [-0.39, 0.29) is 6.29 Å².